The summed E-state index contributed by atoms with van der Waals surface area (Å²) in [7, 11) is -4.72. The van der Waals surface area contributed by atoms with Crippen molar-refractivity contribution in [3.63, 3.8) is 0 Å². The third kappa shape index (κ3) is 8.99. The first-order valence-corrected chi connectivity index (χ1v) is 12.9. The first-order chi connectivity index (χ1) is 17.0. The summed E-state index contributed by atoms with van der Waals surface area (Å²) in [6.45, 7) is 4.98. The molecule has 11 nitrogen and oxygen atoms in total. The molecule has 0 radical (unpaired) electrons. The molecule has 2 aromatic carbocycles. The second-order valence-corrected chi connectivity index (χ2v) is 10.00. The van der Waals surface area contributed by atoms with E-state index in [1.807, 2.05) is 6.07 Å². The minimum Gasteiger partial charge on any atom is -0.479 e. The smallest absolute Gasteiger partial charge is 0.408 e. The van der Waals surface area contributed by atoms with E-state index in [2.05, 4.69) is 10.6 Å². The number of alkyl carbamates (subject to hydrolysis) is 2. The average molecular weight is 522 g/mol. The maximum atomic E-state index is 13.2. The lowest BCUT2D eigenvalue weighted by Crippen LogP contribution is -2.39. The molecule has 3 atom stereocenters. The Bertz CT molecular complexity index is 1080. The van der Waals surface area contributed by atoms with Crippen LogP contribution in [0.2, 0.25) is 0 Å². The largest absolute Gasteiger partial charge is 0.479 e. The Morgan fingerprint density at radius 1 is 0.972 bits per heavy atom. The fourth-order valence-corrected chi connectivity index (χ4v) is 4.87. The summed E-state index contributed by atoms with van der Waals surface area (Å²) in [5, 5.41) is 14.6. The summed E-state index contributed by atoms with van der Waals surface area (Å²) in [6.07, 6.45) is -3.40. The molecule has 196 valence electrons. The second kappa shape index (κ2) is 13.6. The van der Waals surface area contributed by atoms with E-state index in [4.69, 9.17) is 14.0 Å². The Morgan fingerprint density at radius 2 is 1.64 bits per heavy atom. The topological polar surface area (TPSA) is 160 Å². The monoisotopic (exact) mass is 522 g/mol. The standard InChI is InChI=1S/C24H31N2O9P/c1-4-33-23(29)25-14-18-11-8-12-19(13-18)20(22(27)28)35-36(31,32)21(16(2)3)26-24(30)34-15-17-9-6-5-7-10-17/h5-13,16,20-21H,4,14-15H2,1-3H3,(H,25,29)(H,26,30)(H,27,28)(H,31,32). The maximum absolute atomic E-state index is 13.2. The molecule has 0 saturated heterocycles. The molecule has 2 rings (SSSR count). The van der Waals surface area contributed by atoms with Gasteiger partial charge in [0.05, 0.1) is 6.61 Å². The van der Waals surface area contributed by atoms with Gasteiger partial charge >= 0.3 is 25.8 Å². The second-order valence-electron chi connectivity index (χ2n) is 8.10. The van der Waals surface area contributed by atoms with E-state index in [0.717, 1.165) is 5.56 Å². The Hall–Kier alpha value is -3.40. The van der Waals surface area contributed by atoms with E-state index in [1.54, 1.807) is 51.1 Å². The molecule has 12 heteroatoms. The quantitative estimate of drug-likeness (QED) is 0.300. The maximum Gasteiger partial charge on any atom is 0.408 e. The Labute approximate surface area is 209 Å². The van der Waals surface area contributed by atoms with Gasteiger partial charge in [-0.1, -0.05) is 68.4 Å². The highest BCUT2D eigenvalue weighted by Crippen LogP contribution is 2.52. The number of rotatable bonds is 12. The first kappa shape index (κ1) is 28.8. The van der Waals surface area contributed by atoms with Crippen LogP contribution in [0.5, 0.6) is 0 Å². The van der Waals surface area contributed by atoms with Gasteiger partial charge in [0.2, 0.25) is 0 Å². The number of hydrogen-bond donors (Lipinski definition) is 4. The van der Waals surface area contributed by atoms with Crippen LogP contribution < -0.4 is 10.6 Å². The molecule has 0 aliphatic carbocycles. The summed E-state index contributed by atoms with van der Waals surface area (Å²) in [4.78, 5) is 46.5. The molecule has 0 aliphatic heterocycles. The zero-order valence-electron chi connectivity index (χ0n) is 20.2. The molecule has 0 aliphatic rings. The Balaban J connectivity index is 2.13. The molecule has 4 N–H and O–H groups in total. The normalized spacial score (nSPS) is 14.2. The molecule has 2 amide bonds. The Morgan fingerprint density at radius 3 is 2.25 bits per heavy atom. The third-order valence-electron chi connectivity index (χ3n) is 4.91. The molecular weight excluding hydrogens is 491 g/mol. The van der Waals surface area contributed by atoms with Gasteiger partial charge in [0.15, 0.2) is 6.10 Å². The summed E-state index contributed by atoms with van der Waals surface area (Å²) < 4.78 is 28.3. The molecule has 2 aromatic rings. The summed E-state index contributed by atoms with van der Waals surface area (Å²) >= 11 is 0. The molecule has 0 saturated carbocycles. The number of aliphatic carboxylic acids is 1. The molecule has 0 bridgehead atoms. The number of amides is 2. The highest BCUT2D eigenvalue weighted by molar-refractivity contribution is 7.53. The van der Waals surface area contributed by atoms with Crippen LogP contribution >= 0.6 is 7.60 Å². The fraction of sp³-hybridized carbons (Fsp3) is 0.375. The van der Waals surface area contributed by atoms with Crippen molar-refractivity contribution in [3.8, 4) is 0 Å². The minimum absolute atomic E-state index is 0.0409. The van der Waals surface area contributed by atoms with Crippen molar-refractivity contribution in [3.05, 3.63) is 71.3 Å². The van der Waals surface area contributed by atoms with Crippen molar-refractivity contribution in [1.29, 1.82) is 0 Å². The molecule has 0 fully saturated rings. The van der Waals surface area contributed by atoms with Crippen molar-refractivity contribution < 1.29 is 42.9 Å². The van der Waals surface area contributed by atoms with Gasteiger partial charge in [0.1, 0.15) is 12.4 Å². The van der Waals surface area contributed by atoms with Crippen molar-refractivity contribution in [2.24, 2.45) is 5.92 Å². The highest BCUT2D eigenvalue weighted by atomic mass is 31.2. The lowest BCUT2D eigenvalue weighted by molar-refractivity contribution is -0.145. The van der Waals surface area contributed by atoms with Crippen molar-refractivity contribution >= 4 is 25.8 Å². The van der Waals surface area contributed by atoms with Crippen molar-refractivity contribution in [1.82, 2.24) is 10.6 Å². The molecule has 0 spiro atoms. The molecule has 3 unspecified atom stereocenters. The predicted octanol–water partition coefficient (Wildman–Crippen LogP) is 4.17. The van der Waals surface area contributed by atoms with Crippen LogP contribution in [0.1, 0.15) is 43.6 Å². The average Bonchev–Trinajstić information content (AvgIpc) is 2.84. The number of ether oxygens (including phenoxy) is 2. The number of nitrogens with one attached hydrogen (secondary N) is 2. The zero-order chi connectivity index (χ0) is 26.7. The van der Waals surface area contributed by atoms with Gasteiger partial charge in [-0.3, -0.25) is 9.09 Å². The highest BCUT2D eigenvalue weighted by Gasteiger charge is 2.41. The summed E-state index contributed by atoms with van der Waals surface area (Å²) in [5.74, 6) is -3.54. The van der Waals surface area contributed by atoms with Gasteiger partial charge in [-0.05, 0) is 29.5 Å². The number of carbonyl (C=O) groups is 3. The van der Waals surface area contributed by atoms with E-state index in [9.17, 15) is 28.9 Å². The number of carboxylic acid groups (broad SMARTS) is 1. The first-order valence-electron chi connectivity index (χ1n) is 11.2. The van der Waals surface area contributed by atoms with Crippen LogP contribution in [-0.2, 0) is 36.5 Å². The lowest BCUT2D eigenvalue weighted by Gasteiger charge is -2.28. The van der Waals surface area contributed by atoms with Gasteiger partial charge in [-0.15, -0.1) is 0 Å². The van der Waals surface area contributed by atoms with E-state index in [-0.39, 0.29) is 25.3 Å². The van der Waals surface area contributed by atoms with Crippen LogP contribution in [0.3, 0.4) is 0 Å². The zero-order valence-corrected chi connectivity index (χ0v) is 21.1. The van der Waals surface area contributed by atoms with E-state index in [1.165, 1.54) is 18.2 Å². The van der Waals surface area contributed by atoms with Crippen LogP contribution in [0.25, 0.3) is 0 Å². The molecule has 36 heavy (non-hydrogen) atoms. The minimum atomic E-state index is -4.72. The molecule has 0 heterocycles. The van der Waals surface area contributed by atoms with E-state index in [0.29, 0.717) is 5.56 Å². The lowest BCUT2D eigenvalue weighted by atomic mass is 10.1. The number of benzene rings is 2. The SMILES string of the molecule is CCOC(=O)NCc1cccc(C(OP(=O)(O)C(NC(=O)OCc2ccccc2)C(C)C)C(=O)O)c1. The van der Waals surface area contributed by atoms with Crippen LogP contribution in [0.15, 0.2) is 54.6 Å². The number of carboxylic acids is 1. The van der Waals surface area contributed by atoms with Crippen LogP contribution in [0.4, 0.5) is 9.59 Å². The van der Waals surface area contributed by atoms with Crippen LogP contribution in [-0.4, -0.2) is 40.5 Å². The summed E-state index contributed by atoms with van der Waals surface area (Å²) in [5.41, 5.74) is 1.32. The van der Waals surface area contributed by atoms with Crippen molar-refractivity contribution in [2.45, 2.75) is 45.8 Å². The van der Waals surface area contributed by atoms with Gasteiger partial charge in [-0.2, -0.15) is 0 Å². The number of carbonyl (C=O) groups excluding carboxylic acids is 2. The predicted molar refractivity (Wildman–Crippen MR) is 130 cm³/mol. The molecular formula is C24H31N2O9P. The van der Waals surface area contributed by atoms with E-state index < -0.39 is 43.6 Å². The van der Waals surface area contributed by atoms with Gasteiger partial charge < -0.3 is 30.1 Å². The Kier molecular flexibility index (Phi) is 10.9. The van der Waals surface area contributed by atoms with E-state index >= 15 is 0 Å². The third-order valence-corrected chi connectivity index (χ3v) is 6.85. The molecule has 0 aromatic heterocycles. The van der Waals surface area contributed by atoms with Crippen LogP contribution in [0, 0.1) is 5.92 Å². The van der Waals surface area contributed by atoms with Gasteiger partial charge in [-0.25, -0.2) is 14.4 Å². The summed E-state index contributed by atoms with van der Waals surface area (Å²) in [6, 6.07) is 14.9. The number of hydrogen-bond acceptors (Lipinski definition) is 7. The van der Waals surface area contributed by atoms with Gasteiger partial charge in [0.25, 0.3) is 0 Å². The van der Waals surface area contributed by atoms with Gasteiger partial charge in [0, 0.05) is 6.54 Å². The fourth-order valence-electron chi connectivity index (χ4n) is 3.20. The van der Waals surface area contributed by atoms with Crippen molar-refractivity contribution in [2.75, 3.05) is 6.61 Å².